The van der Waals surface area contributed by atoms with Crippen LogP contribution in [-0.4, -0.2) is 40.3 Å². The fourth-order valence-corrected chi connectivity index (χ4v) is 3.55. The summed E-state index contributed by atoms with van der Waals surface area (Å²) in [4.78, 5) is 19.3. The number of ether oxygens (including phenoxy) is 3. The first-order valence-electron chi connectivity index (χ1n) is 8.97. The van der Waals surface area contributed by atoms with E-state index in [1.807, 2.05) is 43.1 Å². The topological polar surface area (TPSA) is 65.8 Å². The van der Waals surface area contributed by atoms with Crippen molar-refractivity contribution >= 4 is 5.91 Å². The number of hydrogen-bond acceptors (Lipinski definition) is 5. The van der Waals surface area contributed by atoms with Crippen LogP contribution < -0.4 is 9.47 Å². The number of hydrogen-bond donors (Lipinski definition) is 0. The number of fused-ring (bicyclic) bond motifs is 2. The Labute approximate surface area is 152 Å². The van der Waals surface area contributed by atoms with E-state index in [0.29, 0.717) is 31.9 Å². The van der Waals surface area contributed by atoms with E-state index in [2.05, 4.69) is 9.55 Å². The molecule has 1 unspecified atom stereocenters. The second-order valence-electron chi connectivity index (χ2n) is 6.52. The number of imidazole rings is 1. The van der Waals surface area contributed by atoms with Crippen molar-refractivity contribution in [3.05, 3.63) is 41.5 Å². The lowest BCUT2D eigenvalue weighted by atomic mass is 10.1. The number of amides is 1. The third-order valence-electron chi connectivity index (χ3n) is 4.94. The molecular formula is C19H23N3O4. The van der Waals surface area contributed by atoms with Crippen molar-refractivity contribution in [1.82, 2.24) is 14.5 Å². The fourth-order valence-electron chi connectivity index (χ4n) is 3.55. The SMILES string of the molecule is CCOCc1cnc2n1CCN(C(=O)Cc1ccc3c(c1)OCO3)C2C. The van der Waals surface area contributed by atoms with E-state index in [0.717, 1.165) is 29.4 Å². The first-order chi connectivity index (χ1) is 12.7. The van der Waals surface area contributed by atoms with Crippen LogP contribution in [0.4, 0.5) is 0 Å². The van der Waals surface area contributed by atoms with Crippen LogP contribution in [0.25, 0.3) is 0 Å². The number of rotatable bonds is 5. The van der Waals surface area contributed by atoms with Gasteiger partial charge >= 0.3 is 0 Å². The van der Waals surface area contributed by atoms with Gasteiger partial charge in [-0.2, -0.15) is 0 Å². The van der Waals surface area contributed by atoms with Gasteiger partial charge < -0.3 is 23.7 Å². The highest BCUT2D eigenvalue weighted by Crippen LogP contribution is 2.33. The Morgan fingerprint density at radius 1 is 1.31 bits per heavy atom. The summed E-state index contributed by atoms with van der Waals surface area (Å²) >= 11 is 0. The van der Waals surface area contributed by atoms with Gasteiger partial charge in [0.15, 0.2) is 11.5 Å². The molecule has 2 aromatic rings. The summed E-state index contributed by atoms with van der Waals surface area (Å²) in [5.41, 5.74) is 1.99. The van der Waals surface area contributed by atoms with Crippen molar-refractivity contribution < 1.29 is 19.0 Å². The molecule has 1 aromatic heterocycles. The van der Waals surface area contributed by atoms with Gasteiger partial charge in [0.25, 0.3) is 0 Å². The molecule has 0 radical (unpaired) electrons. The molecule has 0 aliphatic carbocycles. The van der Waals surface area contributed by atoms with Crippen molar-refractivity contribution in [2.45, 2.75) is 39.5 Å². The highest BCUT2D eigenvalue weighted by atomic mass is 16.7. The average Bonchev–Trinajstić information content (AvgIpc) is 3.26. The maximum atomic E-state index is 12.9. The normalized spacial score (nSPS) is 18.1. The Balaban J connectivity index is 1.46. The van der Waals surface area contributed by atoms with E-state index < -0.39 is 0 Å². The Hall–Kier alpha value is -2.54. The fraction of sp³-hybridized carbons (Fsp3) is 0.474. The van der Waals surface area contributed by atoms with Gasteiger partial charge in [-0.15, -0.1) is 0 Å². The van der Waals surface area contributed by atoms with Gasteiger partial charge in [0.2, 0.25) is 12.7 Å². The van der Waals surface area contributed by atoms with Crippen molar-refractivity contribution in [3.63, 3.8) is 0 Å². The number of benzene rings is 1. The monoisotopic (exact) mass is 357 g/mol. The standard InChI is InChI=1S/C19H23N3O4/c1-3-24-11-15-10-20-19-13(2)21(6-7-22(15)19)18(23)9-14-4-5-16-17(8-14)26-12-25-16/h4-5,8,10,13H,3,6-7,9,11-12H2,1-2H3. The second-order valence-corrected chi connectivity index (χ2v) is 6.52. The summed E-state index contributed by atoms with van der Waals surface area (Å²) in [5, 5.41) is 0. The maximum absolute atomic E-state index is 12.9. The zero-order valence-electron chi connectivity index (χ0n) is 15.1. The van der Waals surface area contributed by atoms with Crippen molar-refractivity contribution in [1.29, 1.82) is 0 Å². The molecule has 7 nitrogen and oxygen atoms in total. The number of nitrogens with zero attached hydrogens (tertiary/aromatic N) is 3. The molecule has 4 rings (SSSR count). The van der Waals surface area contributed by atoms with Crippen molar-refractivity contribution in [3.8, 4) is 11.5 Å². The van der Waals surface area contributed by atoms with E-state index in [4.69, 9.17) is 14.2 Å². The quantitative estimate of drug-likeness (QED) is 0.821. The van der Waals surface area contributed by atoms with E-state index in [9.17, 15) is 4.79 Å². The Morgan fingerprint density at radius 2 is 2.15 bits per heavy atom. The molecular weight excluding hydrogens is 334 g/mol. The van der Waals surface area contributed by atoms with Crippen molar-refractivity contribution in [2.75, 3.05) is 19.9 Å². The molecule has 3 heterocycles. The van der Waals surface area contributed by atoms with Gasteiger partial charge in [0, 0.05) is 19.7 Å². The number of carbonyl (C=O) groups excluding carboxylic acids is 1. The zero-order chi connectivity index (χ0) is 18.1. The van der Waals surface area contributed by atoms with Gasteiger partial charge in [0.1, 0.15) is 5.82 Å². The van der Waals surface area contributed by atoms with Crippen molar-refractivity contribution in [2.24, 2.45) is 0 Å². The summed E-state index contributed by atoms with van der Waals surface area (Å²) in [7, 11) is 0. The predicted octanol–water partition coefficient (Wildman–Crippen LogP) is 2.29. The molecule has 0 saturated carbocycles. The summed E-state index contributed by atoms with van der Waals surface area (Å²) in [6.07, 6.45) is 2.20. The molecule has 0 N–H and O–H groups in total. The summed E-state index contributed by atoms with van der Waals surface area (Å²) < 4.78 is 18.4. The molecule has 1 aromatic carbocycles. The lowest BCUT2D eigenvalue weighted by Gasteiger charge is -2.34. The first kappa shape index (κ1) is 16.9. The lowest BCUT2D eigenvalue weighted by Crippen LogP contribution is -2.42. The smallest absolute Gasteiger partial charge is 0.231 e. The maximum Gasteiger partial charge on any atom is 0.231 e. The van der Waals surface area contributed by atoms with Crippen LogP contribution in [-0.2, 0) is 29.1 Å². The van der Waals surface area contributed by atoms with Crippen LogP contribution in [0.2, 0.25) is 0 Å². The summed E-state index contributed by atoms with van der Waals surface area (Å²) in [6.45, 7) is 6.90. The van der Waals surface area contributed by atoms with Gasteiger partial charge in [-0.25, -0.2) is 4.98 Å². The number of aromatic nitrogens is 2. The highest BCUT2D eigenvalue weighted by Gasteiger charge is 2.30. The van der Waals surface area contributed by atoms with Gasteiger partial charge in [-0.05, 0) is 31.5 Å². The molecule has 2 aliphatic rings. The van der Waals surface area contributed by atoms with E-state index >= 15 is 0 Å². The molecule has 1 amide bonds. The van der Waals surface area contributed by atoms with Crippen LogP contribution in [0, 0.1) is 0 Å². The van der Waals surface area contributed by atoms with Gasteiger partial charge in [-0.3, -0.25) is 4.79 Å². The van der Waals surface area contributed by atoms with Crippen LogP contribution in [0.15, 0.2) is 24.4 Å². The minimum atomic E-state index is -0.0550. The lowest BCUT2D eigenvalue weighted by molar-refractivity contribution is -0.133. The first-order valence-corrected chi connectivity index (χ1v) is 8.97. The number of carbonyl (C=O) groups is 1. The van der Waals surface area contributed by atoms with Crippen LogP contribution >= 0.6 is 0 Å². The molecule has 2 aliphatic heterocycles. The Bertz CT molecular complexity index is 817. The molecule has 0 saturated heterocycles. The van der Waals surface area contributed by atoms with Crippen LogP contribution in [0.1, 0.15) is 37.0 Å². The molecule has 0 spiro atoms. The Kier molecular flexibility index (Phi) is 4.55. The molecule has 138 valence electrons. The van der Waals surface area contributed by atoms with Crippen LogP contribution in [0.5, 0.6) is 11.5 Å². The van der Waals surface area contributed by atoms with Crippen LogP contribution in [0.3, 0.4) is 0 Å². The van der Waals surface area contributed by atoms with E-state index in [1.165, 1.54) is 0 Å². The molecule has 0 fully saturated rings. The Morgan fingerprint density at radius 3 is 3.00 bits per heavy atom. The highest BCUT2D eigenvalue weighted by molar-refractivity contribution is 5.79. The molecule has 0 bridgehead atoms. The molecule has 7 heteroatoms. The largest absolute Gasteiger partial charge is 0.454 e. The minimum Gasteiger partial charge on any atom is -0.454 e. The molecule has 26 heavy (non-hydrogen) atoms. The van der Waals surface area contributed by atoms with E-state index in [-0.39, 0.29) is 18.7 Å². The average molecular weight is 357 g/mol. The predicted molar refractivity (Wildman–Crippen MR) is 94.0 cm³/mol. The third-order valence-corrected chi connectivity index (χ3v) is 4.94. The third kappa shape index (κ3) is 3.03. The zero-order valence-corrected chi connectivity index (χ0v) is 15.1. The molecule has 1 atom stereocenters. The summed E-state index contributed by atoms with van der Waals surface area (Å²) in [5.74, 6) is 2.46. The second kappa shape index (κ2) is 6.99. The summed E-state index contributed by atoms with van der Waals surface area (Å²) in [6, 6.07) is 5.61. The van der Waals surface area contributed by atoms with Gasteiger partial charge in [-0.1, -0.05) is 6.07 Å². The van der Waals surface area contributed by atoms with Gasteiger partial charge in [0.05, 0.1) is 31.0 Å². The van der Waals surface area contributed by atoms with E-state index in [1.54, 1.807) is 0 Å². The minimum absolute atomic E-state index is 0.0550.